The zero-order valence-electron chi connectivity index (χ0n) is 11.0. The summed E-state index contributed by atoms with van der Waals surface area (Å²) in [7, 11) is 0. The lowest BCUT2D eigenvalue weighted by Gasteiger charge is -2.06. The molecular formula is C18H14BrN. The number of rotatable bonds is 3. The van der Waals surface area contributed by atoms with Crippen molar-refractivity contribution in [1.82, 2.24) is 4.98 Å². The fourth-order valence-electron chi connectivity index (χ4n) is 2.23. The molecule has 0 atom stereocenters. The summed E-state index contributed by atoms with van der Waals surface area (Å²) in [5.74, 6) is 0. The van der Waals surface area contributed by atoms with E-state index in [0.29, 0.717) is 0 Å². The van der Waals surface area contributed by atoms with Gasteiger partial charge in [0, 0.05) is 17.1 Å². The van der Waals surface area contributed by atoms with Crippen LogP contribution in [0.4, 0.5) is 0 Å². The summed E-state index contributed by atoms with van der Waals surface area (Å²) in [5.41, 5.74) is 5.89. The Balaban J connectivity index is 2.03. The SMILES string of the molecule is BrCc1cccc(-c2cccc(-c3ccccn3)c2)c1. The summed E-state index contributed by atoms with van der Waals surface area (Å²) in [5, 5.41) is 0.876. The van der Waals surface area contributed by atoms with Gasteiger partial charge in [-0.3, -0.25) is 4.98 Å². The van der Waals surface area contributed by atoms with E-state index >= 15 is 0 Å². The van der Waals surface area contributed by atoms with Crippen molar-refractivity contribution < 1.29 is 0 Å². The van der Waals surface area contributed by atoms with E-state index in [9.17, 15) is 0 Å². The van der Waals surface area contributed by atoms with Crippen LogP contribution < -0.4 is 0 Å². The second kappa shape index (κ2) is 6.02. The van der Waals surface area contributed by atoms with Crippen molar-refractivity contribution in [2.75, 3.05) is 0 Å². The highest BCUT2D eigenvalue weighted by molar-refractivity contribution is 9.08. The smallest absolute Gasteiger partial charge is 0.0702 e. The molecule has 2 aromatic carbocycles. The monoisotopic (exact) mass is 323 g/mol. The summed E-state index contributed by atoms with van der Waals surface area (Å²) >= 11 is 3.51. The second-order valence-electron chi connectivity index (χ2n) is 4.63. The fraction of sp³-hybridized carbons (Fsp3) is 0.0556. The molecule has 20 heavy (non-hydrogen) atoms. The van der Waals surface area contributed by atoms with Crippen LogP contribution in [0.2, 0.25) is 0 Å². The average molecular weight is 324 g/mol. The second-order valence-corrected chi connectivity index (χ2v) is 5.19. The first-order valence-electron chi connectivity index (χ1n) is 6.53. The zero-order chi connectivity index (χ0) is 13.8. The van der Waals surface area contributed by atoms with Gasteiger partial charge in [-0.05, 0) is 34.9 Å². The van der Waals surface area contributed by atoms with Crippen LogP contribution in [-0.2, 0) is 5.33 Å². The molecule has 0 N–H and O–H groups in total. The van der Waals surface area contributed by atoms with Gasteiger partial charge in [-0.1, -0.05) is 64.5 Å². The third kappa shape index (κ3) is 2.81. The number of alkyl halides is 1. The van der Waals surface area contributed by atoms with E-state index in [1.165, 1.54) is 16.7 Å². The Morgan fingerprint density at radius 2 is 1.50 bits per heavy atom. The quantitative estimate of drug-likeness (QED) is 0.595. The Bertz CT molecular complexity index is 707. The molecule has 0 unspecified atom stereocenters. The maximum Gasteiger partial charge on any atom is 0.0702 e. The summed E-state index contributed by atoms with van der Waals surface area (Å²) < 4.78 is 0. The molecule has 0 spiro atoms. The van der Waals surface area contributed by atoms with E-state index < -0.39 is 0 Å². The van der Waals surface area contributed by atoms with Gasteiger partial charge in [0.05, 0.1) is 5.69 Å². The normalized spacial score (nSPS) is 10.4. The zero-order valence-corrected chi connectivity index (χ0v) is 12.5. The Morgan fingerprint density at radius 1 is 0.750 bits per heavy atom. The molecule has 0 saturated heterocycles. The van der Waals surface area contributed by atoms with Crippen molar-refractivity contribution in [1.29, 1.82) is 0 Å². The van der Waals surface area contributed by atoms with Gasteiger partial charge in [0.2, 0.25) is 0 Å². The minimum atomic E-state index is 0.876. The lowest BCUT2D eigenvalue weighted by molar-refractivity contribution is 1.33. The summed E-state index contributed by atoms with van der Waals surface area (Å²) in [6.07, 6.45) is 1.83. The number of pyridine rings is 1. The van der Waals surface area contributed by atoms with Crippen LogP contribution in [0.3, 0.4) is 0 Å². The fourth-order valence-corrected chi connectivity index (χ4v) is 2.57. The highest BCUT2D eigenvalue weighted by Crippen LogP contribution is 2.26. The van der Waals surface area contributed by atoms with Crippen LogP contribution in [0, 0.1) is 0 Å². The van der Waals surface area contributed by atoms with Crippen molar-refractivity contribution >= 4 is 15.9 Å². The van der Waals surface area contributed by atoms with E-state index in [1.54, 1.807) is 0 Å². The molecule has 0 aliphatic carbocycles. The first-order valence-corrected chi connectivity index (χ1v) is 7.66. The molecule has 0 saturated carbocycles. The standard InChI is InChI=1S/C18H14BrN/c19-13-14-5-3-6-15(11-14)16-7-4-8-17(12-16)18-9-1-2-10-20-18/h1-12H,13H2. The molecular weight excluding hydrogens is 310 g/mol. The van der Waals surface area contributed by atoms with Gasteiger partial charge in [-0.2, -0.15) is 0 Å². The number of hydrogen-bond acceptors (Lipinski definition) is 1. The molecule has 0 aliphatic rings. The average Bonchev–Trinajstić information content (AvgIpc) is 2.56. The van der Waals surface area contributed by atoms with Crippen LogP contribution in [0.5, 0.6) is 0 Å². The van der Waals surface area contributed by atoms with Gasteiger partial charge in [-0.15, -0.1) is 0 Å². The van der Waals surface area contributed by atoms with Crippen LogP contribution in [0.25, 0.3) is 22.4 Å². The van der Waals surface area contributed by atoms with Crippen LogP contribution in [0.15, 0.2) is 72.9 Å². The van der Waals surface area contributed by atoms with Crippen LogP contribution in [0.1, 0.15) is 5.56 Å². The number of benzene rings is 2. The van der Waals surface area contributed by atoms with Crippen molar-refractivity contribution in [3.8, 4) is 22.4 Å². The van der Waals surface area contributed by atoms with E-state index in [0.717, 1.165) is 16.6 Å². The molecule has 2 heteroatoms. The van der Waals surface area contributed by atoms with E-state index in [1.807, 2.05) is 24.4 Å². The molecule has 3 rings (SSSR count). The lowest BCUT2D eigenvalue weighted by atomic mass is 10.0. The highest BCUT2D eigenvalue weighted by Gasteiger charge is 2.02. The summed E-state index contributed by atoms with van der Waals surface area (Å²) in [4.78, 5) is 4.41. The third-order valence-electron chi connectivity index (χ3n) is 3.24. The third-order valence-corrected chi connectivity index (χ3v) is 3.89. The topological polar surface area (TPSA) is 12.9 Å². The number of hydrogen-bond donors (Lipinski definition) is 0. The molecule has 0 amide bonds. The Morgan fingerprint density at radius 3 is 2.25 bits per heavy atom. The van der Waals surface area contributed by atoms with Gasteiger partial charge in [0.25, 0.3) is 0 Å². The molecule has 1 heterocycles. The molecule has 1 aromatic heterocycles. The molecule has 1 nitrogen and oxygen atoms in total. The minimum absolute atomic E-state index is 0.876. The maximum absolute atomic E-state index is 4.41. The predicted octanol–water partition coefficient (Wildman–Crippen LogP) is 5.31. The number of halogens is 1. The molecule has 0 bridgehead atoms. The number of aromatic nitrogens is 1. The maximum atomic E-state index is 4.41. The van der Waals surface area contributed by atoms with Gasteiger partial charge in [0.1, 0.15) is 0 Å². The van der Waals surface area contributed by atoms with Gasteiger partial charge >= 0.3 is 0 Å². The number of nitrogens with zero attached hydrogens (tertiary/aromatic N) is 1. The summed E-state index contributed by atoms with van der Waals surface area (Å²) in [6, 6.07) is 23.1. The predicted molar refractivity (Wildman–Crippen MR) is 87.7 cm³/mol. The first-order chi connectivity index (χ1) is 9.86. The van der Waals surface area contributed by atoms with Crippen molar-refractivity contribution in [3.63, 3.8) is 0 Å². The molecule has 0 aliphatic heterocycles. The van der Waals surface area contributed by atoms with Crippen LogP contribution >= 0.6 is 15.9 Å². The van der Waals surface area contributed by atoms with Crippen molar-refractivity contribution in [3.05, 3.63) is 78.5 Å². The van der Waals surface area contributed by atoms with E-state index in [2.05, 4.69) is 69.4 Å². The Hall–Kier alpha value is -1.93. The van der Waals surface area contributed by atoms with Crippen molar-refractivity contribution in [2.24, 2.45) is 0 Å². The van der Waals surface area contributed by atoms with Crippen molar-refractivity contribution in [2.45, 2.75) is 5.33 Å². The molecule has 3 aromatic rings. The highest BCUT2D eigenvalue weighted by atomic mass is 79.9. The first kappa shape index (κ1) is 13.1. The molecule has 0 fully saturated rings. The van der Waals surface area contributed by atoms with Gasteiger partial charge in [0.15, 0.2) is 0 Å². The van der Waals surface area contributed by atoms with Crippen LogP contribution in [-0.4, -0.2) is 4.98 Å². The lowest BCUT2D eigenvalue weighted by Crippen LogP contribution is -1.85. The Labute approximate surface area is 127 Å². The minimum Gasteiger partial charge on any atom is -0.256 e. The Kier molecular flexibility index (Phi) is 3.93. The van der Waals surface area contributed by atoms with Gasteiger partial charge < -0.3 is 0 Å². The summed E-state index contributed by atoms with van der Waals surface area (Å²) in [6.45, 7) is 0. The largest absolute Gasteiger partial charge is 0.256 e. The molecule has 0 radical (unpaired) electrons. The van der Waals surface area contributed by atoms with E-state index in [4.69, 9.17) is 0 Å². The van der Waals surface area contributed by atoms with Gasteiger partial charge in [-0.25, -0.2) is 0 Å². The van der Waals surface area contributed by atoms with E-state index in [-0.39, 0.29) is 0 Å². The molecule has 98 valence electrons.